The molecule has 0 spiro atoms. The lowest BCUT2D eigenvalue weighted by molar-refractivity contribution is 0.392. The van der Waals surface area contributed by atoms with Crippen LogP contribution >= 0.6 is 15.9 Å². The Morgan fingerprint density at radius 2 is 2.29 bits per heavy atom. The highest BCUT2D eigenvalue weighted by Gasteiger charge is 2.21. The Morgan fingerprint density at radius 1 is 1.43 bits per heavy atom. The van der Waals surface area contributed by atoms with Crippen molar-refractivity contribution in [1.82, 2.24) is 4.98 Å². The van der Waals surface area contributed by atoms with E-state index in [1.54, 1.807) is 0 Å². The number of halogens is 1. The predicted octanol–water partition coefficient (Wildman–Crippen LogP) is 2.83. The monoisotopic (exact) mass is 254 g/mol. The second kappa shape index (κ2) is 4.41. The highest BCUT2D eigenvalue weighted by molar-refractivity contribution is 9.10. The number of hydrogen-bond acceptors (Lipinski definition) is 2. The molecule has 2 nitrogen and oxygen atoms in total. The van der Waals surface area contributed by atoms with Gasteiger partial charge >= 0.3 is 0 Å². The van der Waals surface area contributed by atoms with Crippen LogP contribution in [0.15, 0.2) is 22.9 Å². The van der Waals surface area contributed by atoms with Gasteiger partial charge in [0.25, 0.3) is 0 Å². The Kier molecular flexibility index (Phi) is 3.19. The van der Waals surface area contributed by atoms with Crippen molar-refractivity contribution in [3.63, 3.8) is 0 Å². The summed E-state index contributed by atoms with van der Waals surface area (Å²) >= 11 is 3.55. The minimum absolute atomic E-state index is 0.383. The summed E-state index contributed by atoms with van der Waals surface area (Å²) < 4.78 is 1.12. The minimum atomic E-state index is 0.383. The van der Waals surface area contributed by atoms with E-state index >= 15 is 0 Å². The molecule has 2 rings (SSSR count). The van der Waals surface area contributed by atoms with Gasteiger partial charge in [-0.3, -0.25) is 4.98 Å². The van der Waals surface area contributed by atoms with Crippen molar-refractivity contribution in [2.24, 2.45) is 5.73 Å². The standard InChI is InChI=1S/C11H15BrN2/c12-11-7-14-5-4-10(11)8-2-1-3-9(13)6-8/h4-5,7-9H,1-3,6,13H2. The van der Waals surface area contributed by atoms with Crippen molar-refractivity contribution >= 4 is 15.9 Å². The van der Waals surface area contributed by atoms with Crippen LogP contribution in [0.5, 0.6) is 0 Å². The molecule has 2 unspecified atom stereocenters. The fourth-order valence-electron chi connectivity index (χ4n) is 2.23. The number of nitrogens with two attached hydrogens (primary N) is 1. The van der Waals surface area contributed by atoms with Crippen molar-refractivity contribution in [2.75, 3.05) is 0 Å². The van der Waals surface area contributed by atoms with Crippen molar-refractivity contribution < 1.29 is 0 Å². The molecular formula is C11H15BrN2. The van der Waals surface area contributed by atoms with Crippen LogP contribution in [0.25, 0.3) is 0 Å². The summed E-state index contributed by atoms with van der Waals surface area (Å²) in [7, 11) is 0. The Balaban J connectivity index is 2.18. The van der Waals surface area contributed by atoms with Crippen molar-refractivity contribution in [2.45, 2.75) is 37.6 Å². The van der Waals surface area contributed by atoms with E-state index in [9.17, 15) is 0 Å². The summed E-state index contributed by atoms with van der Waals surface area (Å²) in [5.74, 6) is 0.621. The zero-order valence-corrected chi connectivity index (χ0v) is 9.70. The number of hydrogen-bond donors (Lipinski definition) is 1. The van der Waals surface area contributed by atoms with Crippen LogP contribution in [0.3, 0.4) is 0 Å². The molecule has 1 aliphatic rings. The molecule has 2 N–H and O–H groups in total. The van der Waals surface area contributed by atoms with Gasteiger partial charge in [0, 0.05) is 22.9 Å². The Hall–Kier alpha value is -0.410. The third-order valence-electron chi connectivity index (χ3n) is 2.96. The summed E-state index contributed by atoms with van der Waals surface area (Å²) in [5.41, 5.74) is 7.35. The molecule has 76 valence electrons. The molecule has 0 aromatic carbocycles. The number of aromatic nitrogens is 1. The van der Waals surface area contributed by atoms with E-state index in [1.165, 1.54) is 24.8 Å². The third-order valence-corrected chi connectivity index (χ3v) is 3.62. The highest BCUT2D eigenvalue weighted by Crippen LogP contribution is 2.35. The first-order chi connectivity index (χ1) is 6.77. The molecule has 2 atom stereocenters. The van der Waals surface area contributed by atoms with Crippen molar-refractivity contribution in [3.05, 3.63) is 28.5 Å². The van der Waals surface area contributed by atoms with Crippen LogP contribution in [0.2, 0.25) is 0 Å². The van der Waals surface area contributed by atoms with E-state index in [4.69, 9.17) is 5.73 Å². The molecule has 1 saturated carbocycles. The molecule has 0 saturated heterocycles. The SMILES string of the molecule is NC1CCCC(c2ccncc2Br)C1. The molecule has 1 aromatic heterocycles. The summed E-state index contributed by atoms with van der Waals surface area (Å²) in [4.78, 5) is 4.08. The molecule has 0 radical (unpaired) electrons. The van der Waals surface area contributed by atoms with E-state index in [-0.39, 0.29) is 0 Å². The van der Waals surface area contributed by atoms with Gasteiger partial charge in [0.1, 0.15) is 0 Å². The van der Waals surface area contributed by atoms with E-state index in [2.05, 4.69) is 27.0 Å². The molecule has 1 fully saturated rings. The minimum Gasteiger partial charge on any atom is -0.328 e. The van der Waals surface area contributed by atoms with Gasteiger partial charge in [-0.15, -0.1) is 0 Å². The summed E-state index contributed by atoms with van der Waals surface area (Å²) in [6, 6.07) is 2.49. The average molecular weight is 255 g/mol. The molecule has 1 aliphatic carbocycles. The summed E-state index contributed by atoms with van der Waals surface area (Å²) in [6.45, 7) is 0. The first-order valence-electron chi connectivity index (χ1n) is 5.12. The summed E-state index contributed by atoms with van der Waals surface area (Å²) in [5, 5.41) is 0. The maximum atomic E-state index is 5.98. The molecule has 1 aromatic rings. The van der Waals surface area contributed by atoms with Gasteiger partial charge in [0.05, 0.1) is 0 Å². The lowest BCUT2D eigenvalue weighted by Crippen LogP contribution is -2.26. The molecule has 0 aliphatic heterocycles. The molecule has 0 amide bonds. The van der Waals surface area contributed by atoms with Gasteiger partial charge in [-0.2, -0.15) is 0 Å². The lowest BCUT2D eigenvalue weighted by atomic mass is 9.82. The Morgan fingerprint density at radius 3 is 3.00 bits per heavy atom. The molecule has 3 heteroatoms. The van der Waals surface area contributed by atoms with Gasteiger partial charge in [0.2, 0.25) is 0 Å². The van der Waals surface area contributed by atoms with Gasteiger partial charge in [-0.25, -0.2) is 0 Å². The molecule has 14 heavy (non-hydrogen) atoms. The summed E-state index contributed by atoms with van der Waals surface area (Å²) in [6.07, 6.45) is 8.54. The number of pyridine rings is 1. The first-order valence-corrected chi connectivity index (χ1v) is 5.91. The van der Waals surface area contributed by atoms with Crippen molar-refractivity contribution in [3.8, 4) is 0 Å². The van der Waals surface area contributed by atoms with E-state index < -0.39 is 0 Å². The van der Waals surface area contributed by atoms with Gasteiger partial charge in [-0.1, -0.05) is 6.42 Å². The maximum Gasteiger partial charge on any atom is 0.0413 e. The van der Waals surface area contributed by atoms with Crippen LogP contribution in [-0.2, 0) is 0 Å². The third kappa shape index (κ3) is 2.15. The second-order valence-corrected chi connectivity index (χ2v) is 4.88. The molecular weight excluding hydrogens is 240 g/mol. The van der Waals surface area contributed by atoms with E-state index in [0.29, 0.717) is 12.0 Å². The van der Waals surface area contributed by atoms with E-state index in [0.717, 1.165) is 10.9 Å². The number of nitrogens with zero attached hydrogens (tertiary/aromatic N) is 1. The second-order valence-electron chi connectivity index (χ2n) is 4.02. The molecule has 0 bridgehead atoms. The van der Waals surface area contributed by atoms with Gasteiger partial charge in [0.15, 0.2) is 0 Å². The average Bonchev–Trinajstić information content (AvgIpc) is 2.18. The van der Waals surface area contributed by atoms with Crippen molar-refractivity contribution in [1.29, 1.82) is 0 Å². The van der Waals surface area contributed by atoms with Crippen LogP contribution in [0, 0.1) is 0 Å². The first kappa shape index (κ1) is 10.1. The van der Waals surface area contributed by atoms with E-state index in [1.807, 2.05) is 12.4 Å². The quantitative estimate of drug-likeness (QED) is 0.838. The smallest absolute Gasteiger partial charge is 0.0413 e. The van der Waals surface area contributed by atoms with Gasteiger partial charge < -0.3 is 5.73 Å². The maximum absolute atomic E-state index is 5.98. The fraction of sp³-hybridized carbons (Fsp3) is 0.545. The van der Waals surface area contributed by atoms with Crippen LogP contribution in [-0.4, -0.2) is 11.0 Å². The largest absolute Gasteiger partial charge is 0.328 e. The zero-order chi connectivity index (χ0) is 9.97. The van der Waals surface area contributed by atoms with Gasteiger partial charge in [-0.05, 0) is 52.7 Å². The zero-order valence-electron chi connectivity index (χ0n) is 8.12. The number of rotatable bonds is 1. The topological polar surface area (TPSA) is 38.9 Å². The van der Waals surface area contributed by atoms with Crippen LogP contribution < -0.4 is 5.73 Å². The fourth-order valence-corrected chi connectivity index (χ4v) is 2.80. The van der Waals surface area contributed by atoms with Crippen LogP contribution in [0.4, 0.5) is 0 Å². The lowest BCUT2D eigenvalue weighted by Gasteiger charge is -2.27. The predicted molar refractivity (Wildman–Crippen MR) is 61.1 cm³/mol. The molecule has 1 heterocycles. The normalized spacial score (nSPS) is 27.6. The van der Waals surface area contributed by atoms with Crippen LogP contribution in [0.1, 0.15) is 37.2 Å². The Labute approximate surface area is 93.0 Å². The highest BCUT2D eigenvalue weighted by atomic mass is 79.9. The Bertz CT molecular complexity index is 314.